The average Bonchev–Trinajstić information content (AvgIpc) is 3.25. The summed E-state index contributed by atoms with van der Waals surface area (Å²) in [6.07, 6.45) is 9.46. The van der Waals surface area contributed by atoms with Gasteiger partial charge in [-0.05, 0) is 105 Å². The number of carbonyl (C=O) groups is 1. The van der Waals surface area contributed by atoms with Gasteiger partial charge >= 0.3 is 0 Å². The fraction of sp³-hybridized carbons (Fsp3) is 0.468. The van der Waals surface area contributed by atoms with Crippen molar-refractivity contribution in [1.82, 2.24) is 4.90 Å². The number of nitrogens with zero attached hydrogens (tertiary/aromatic N) is 3. The van der Waals surface area contributed by atoms with E-state index in [9.17, 15) is 24.7 Å². The minimum absolute atomic E-state index is 0.0381. The van der Waals surface area contributed by atoms with Crippen molar-refractivity contribution in [2.24, 2.45) is 22.9 Å². The molecule has 0 bridgehead atoms. The molecule has 0 radical (unpaired) electrons. The number of fused-ring (bicyclic) bond motifs is 2. The zero-order chi connectivity index (χ0) is 41.1. The van der Waals surface area contributed by atoms with Crippen molar-refractivity contribution in [3.05, 3.63) is 119 Å². The van der Waals surface area contributed by atoms with Crippen LogP contribution < -0.4 is 9.47 Å². The molecule has 11 heteroatoms. The Kier molecular flexibility index (Phi) is 14.8. The van der Waals surface area contributed by atoms with Gasteiger partial charge in [0.2, 0.25) is 5.79 Å². The number of halogens is 1. The highest BCUT2D eigenvalue weighted by Gasteiger charge is 2.65. The molecule has 2 aliphatic carbocycles. The fourth-order valence-electron chi connectivity index (χ4n) is 9.15. The zero-order valence-electron chi connectivity index (χ0n) is 33.7. The quantitative estimate of drug-likeness (QED) is 0.0662. The SMILES string of the molecule is C=CCOC12Oc3ccc(OCc4ccccc4F)cc3C3C(CCCCO)C(CCCCO)C=C(C(=NOCC)CC1N(CCC)C(=O)c1ccc(C#N)cc1)C32. The van der Waals surface area contributed by atoms with Crippen LogP contribution in [-0.4, -0.2) is 71.5 Å². The number of ether oxygens (including phenoxy) is 3. The number of rotatable bonds is 20. The van der Waals surface area contributed by atoms with Gasteiger partial charge < -0.3 is 34.2 Å². The summed E-state index contributed by atoms with van der Waals surface area (Å²) in [5, 5.41) is 34.0. The van der Waals surface area contributed by atoms with E-state index in [4.69, 9.17) is 24.2 Å². The highest BCUT2D eigenvalue weighted by atomic mass is 19.1. The highest BCUT2D eigenvalue weighted by molar-refractivity contribution is 6.03. The molecule has 1 heterocycles. The van der Waals surface area contributed by atoms with Crippen LogP contribution in [0.3, 0.4) is 0 Å². The molecule has 0 aromatic heterocycles. The first-order chi connectivity index (χ1) is 28.3. The number of hydrogen-bond acceptors (Lipinski definition) is 9. The summed E-state index contributed by atoms with van der Waals surface area (Å²) in [6, 6.07) is 20.4. The smallest absolute Gasteiger partial charge is 0.254 e. The Balaban J connectivity index is 1.57. The number of oxime groups is 1. The summed E-state index contributed by atoms with van der Waals surface area (Å²) in [7, 11) is 0. The lowest BCUT2D eigenvalue weighted by molar-refractivity contribution is -0.254. The van der Waals surface area contributed by atoms with E-state index in [0.717, 1.165) is 36.8 Å². The molecule has 2 N–H and O–H groups in total. The Morgan fingerprint density at radius 1 is 1.07 bits per heavy atom. The fourth-order valence-corrected chi connectivity index (χ4v) is 9.15. The molecule has 308 valence electrons. The molecule has 1 amide bonds. The van der Waals surface area contributed by atoms with Crippen molar-refractivity contribution in [2.75, 3.05) is 33.0 Å². The van der Waals surface area contributed by atoms with Crippen molar-refractivity contribution in [1.29, 1.82) is 5.26 Å². The number of carbonyl (C=O) groups excluding carboxylic acids is 1. The minimum Gasteiger partial charge on any atom is -0.489 e. The molecular formula is C47H56FN3O7. The van der Waals surface area contributed by atoms with Gasteiger partial charge in [-0.25, -0.2) is 4.39 Å². The van der Waals surface area contributed by atoms with Gasteiger partial charge in [-0.15, -0.1) is 6.58 Å². The molecule has 3 aromatic rings. The Bertz CT molecular complexity index is 1980. The first kappa shape index (κ1) is 42.6. The Labute approximate surface area is 341 Å². The number of aliphatic hydroxyl groups is 2. The Hall–Kier alpha value is -5.02. The second-order valence-corrected chi connectivity index (χ2v) is 15.3. The number of nitriles is 1. The number of amides is 1. The van der Waals surface area contributed by atoms with Crippen LogP contribution in [0, 0.1) is 34.9 Å². The molecule has 1 saturated carbocycles. The summed E-state index contributed by atoms with van der Waals surface area (Å²) in [5.74, 6) is -1.39. The van der Waals surface area contributed by atoms with Gasteiger partial charge in [-0.1, -0.05) is 55.3 Å². The van der Waals surface area contributed by atoms with Gasteiger partial charge in [-0.2, -0.15) is 5.26 Å². The maximum atomic E-state index is 14.8. The number of allylic oxidation sites excluding steroid dienone is 1. The molecule has 1 aliphatic heterocycles. The number of benzene rings is 3. The summed E-state index contributed by atoms with van der Waals surface area (Å²) in [4.78, 5) is 22.4. The highest BCUT2D eigenvalue weighted by Crippen LogP contribution is 2.62. The van der Waals surface area contributed by atoms with Gasteiger partial charge in [0.05, 0.1) is 29.9 Å². The van der Waals surface area contributed by atoms with Gasteiger partial charge in [0, 0.05) is 48.8 Å². The molecule has 1 fully saturated rings. The molecule has 58 heavy (non-hydrogen) atoms. The van der Waals surface area contributed by atoms with E-state index in [1.165, 1.54) is 6.07 Å². The summed E-state index contributed by atoms with van der Waals surface area (Å²) >= 11 is 0. The molecule has 6 rings (SSSR count). The monoisotopic (exact) mass is 793 g/mol. The maximum absolute atomic E-state index is 14.8. The van der Waals surface area contributed by atoms with Gasteiger partial charge in [-0.3, -0.25) is 4.79 Å². The summed E-state index contributed by atoms with van der Waals surface area (Å²) in [5.41, 5.74) is 3.91. The normalized spacial score (nSPS) is 23.8. The van der Waals surface area contributed by atoms with Gasteiger partial charge in [0.1, 0.15) is 36.6 Å². The minimum atomic E-state index is -1.40. The second-order valence-electron chi connectivity index (χ2n) is 15.3. The maximum Gasteiger partial charge on any atom is 0.254 e. The lowest BCUT2D eigenvalue weighted by Gasteiger charge is -2.60. The van der Waals surface area contributed by atoms with Crippen LogP contribution in [0.25, 0.3) is 0 Å². The third kappa shape index (κ3) is 9.00. The van der Waals surface area contributed by atoms with E-state index in [0.29, 0.717) is 66.3 Å². The zero-order valence-corrected chi connectivity index (χ0v) is 33.7. The van der Waals surface area contributed by atoms with E-state index in [2.05, 4.69) is 18.7 Å². The number of unbranched alkanes of at least 4 members (excludes halogenated alkanes) is 2. The lowest BCUT2D eigenvalue weighted by atomic mass is 9.55. The van der Waals surface area contributed by atoms with E-state index >= 15 is 0 Å². The van der Waals surface area contributed by atoms with E-state index in [1.807, 2.05) is 36.9 Å². The number of aliphatic hydroxyl groups excluding tert-OH is 2. The van der Waals surface area contributed by atoms with E-state index in [-0.39, 0.29) is 62.3 Å². The van der Waals surface area contributed by atoms with Crippen LogP contribution in [0.2, 0.25) is 0 Å². The third-order valence-corrected chi connectivity index (χ3v) is 11.7. The van der Waals surface area contributed by atoms with Crippen molar-refractivity contribution in [2.45, 2.75) is 89.6 Å². The molecular weight excluding hydrogens is 738 g/mol. The van der Waals surface area contributed by atoms with E-state index < -0.39 is 17.7 Å². The molecule has 0 spiro atoms. The van der Waals surface area contributed by atoms with Crippen LogP contribution in [0.1, 0.15) is 98.2 Å². The van der Waals surface area contributed by atoms with Crippen molar-refractivity contribution in [3.63, 3.8) is 0 Å². The average molecular weight is 794 g/mol. The molecule has 6 atom stereocenters. The van der Waals surface area contributed by atoms with Crippen LogP contribution >= 0.6 is 0 Å². The van der Waals surface area contributed by atoms with E-state index in [1.54, 1.807) is 48.5 Å². The molecule has 6 unspecified atom stereocenters. The van der Waals surface area contributed by atoms with Crippen molar-refractivity contribution >= 4 is 11.6 Å². The molecule has 0 saturated heterocycles. The summed E-state index contributed by atoms with van der Waals surface area (Å²) < 4.78 is 35.3. The molecule has 3 aliphatic rings. The van der Waals surface area contributed by atoms with Crippen LogP contribution in [-0.2, 0) is 16.2 Å². The largest absolute Gasteiger partial charge is 0.489 e. The lowest BCUT2D eigenvalue weighted by Crippen LogP contribution is -2.70. The van der Waals surface area contributed by atoms with Crippen LogP contribution in [0.4, 0.5) is 4.39 Å². The second kappa shape index (κ2) is 20.1. The summed E-state index contributed by atoms with van der Waals surface area (Å²) in [6.45, 7) is 9.02. The van der Waals surface area contributed by atoms with Crippen molar-refractivity contribution in [3.8, 4) is 17.6 Å². The molecule has 3 aromatic carbocycles. The Morgan fingerprint density at radius 3 is 2.52 bits per heavy atom. The van der Waals surface area contributed by atoms with Crippen LogP contribution in [0.5, 0.6) is 11.5 Å². The topological polar surface area (TPSA) is 134 Å². The van der Waals surface area contributed by atoms with Gasteiger partial charge in [0.25, 0.3) is 5.91 Å². The van der Waals surface area contributed by atoms with Gasteiger partial charge in [0.15, 0.2) is 0 Å². The predicted octanol–water partition coefficient (Wildman–Crippen LogP) is 8.48. The number of hydrogen-bond donors (Lipinski definition) is 2. The first-order valence-corrected chi connectivity index (χ1v) is 20.7. The predicted molar refractivity (Wildman–Crippen MR) is 220 cm³/mol. The van der Waals surface area contributed by atoms with Crippen LogP contribution in [0.15, 0.2) is 96.2 Å². The third-order valence-electron chi connectivity index (χ3n) is 11.7. The van der Waals surface area contributed by atoms with Crippen molar-refractivity contribution < 1.29 is 38.4 Å². The Morgan fingerprint density at radius 2 is 1.83 bits per heavy atom. The first-order valence-electron chi connectivity index (χ1n) is 20.7. The molecule has 10 nitrogen and oxygen atoms in total. The standard InChI is InChI=1S/C47H56FN3O7/c1-4-23-51(46(54)33-19-17-32(30-49)18-20-33)43-29-41(50-57-6-3)38-27-34(13-9-11-24-52)37(15-10-12-25-53)44-39-28-36(55-31-35-14-7-8-16-40(35)48)21-22-42(39)58-47(43,45(38)44)56-26-5-2/h5,7-8,14,16-22,27-28,34,37,43-45,52-53H,2,4,6,9-13,15,23-26,29,31H2,1,3H3.